The summed E-state index contributed by atoms with van der Waals surface area (Å²) in [6.07, 6.45) is 3.79. The SMILES string of the molecule is CC1CCC(=O)C(CN2CCC(C(C)O)C2)C1. The Balaban J connectivity index is 1.83. The number of carbonyl (C=O) groups is 1. The average Bonchev–Trinajstić information content (AvgIpc) is 2.72. The number of Topliss-reactive ketones (excluding diaryl/α,β-unsaturated/α-hetero) is 1. The van der Waals surface area contributed by atoms with E-state index < -0.39 is 0 Å². The van der Waals surface area contributed by atoms with E-state index >= 15 is 0 Å². The van der Waals surface area contributed by atoms with Gasteiger partial charge in [0.05, 0.1) is 6.10 Å². The summed E-state index contributed by atoms with van der Waals surface area (Å²) in [5, 5.41) is 9.58. The zero-order valence-corrected chi connectivity index (χ0v) is 11.1. The summed E-state index contributed by atoms with van der Waals surface area (Å²) >= 11 is 0. The van der Waals surface area contributed by atoms with Gasteiger partial charge >= 0.3 is 0 Å². The molecule has 17 heavy (non-hydrogen) atoms. The van der Waals surface area contributed by atoms with Crippen LogP contribution in [0, 0.1) is 17.8 Å². The van der Waals surface area contributed by atoms with E-state index in [1.807, 2.05) is 6.92 Å². The molecule has 0 amide bonds. The van der Waals surface area contributed by atoms with Gasteiger partial charge < -0.3 is 10.0 Å². The fourth-order valence-corrected chi connectivity index (χ4v) is 3.24. The molecule has 2 rings (SSSR count). The molecule has 1 saturated heterocycles. The van der Waals surface area contributed by atoms with Crippen LogP contribution in [0.4, 0.5) is 0 Å². The number of aliphatic hydroxyl groups is 1. The summed E-state index contributed by atoms with van der Waals surface area (Å²) in [4.78, 5) is 14.2. The molecule has 2 aliphatic rings. The van der Waals surface area contributed by atoms with Gasteiger partial charge in [-0.3, -0.25) is 4.79 Å². The predicted molar refractivity (Wildman–Crippen MR) is 67.7 cm³/mol. The van der Waals surface area contributed by atoms with Gasteiger partial charge in [-0.15, -0.1) is 0 Å². The molecule has 0 aromatic carbocycles. The van der Waals surface area contributed by atoms with Crippen LogP contribution >= 0.6 is 0 Å². The summed E-state index contributed by atoms with van der Waals surface area (Å²) in [5.74, 6) is 1.83. The molecule has 4 atom stereocenters. The second kappa shape index (κ2) is 5.49. The number of likely N-dealkylation sites (tertiary alicyclic amines) is 1. The highest BCUT2D eigenvalue weighted by molar-refractivity contribution is 5.81. The Bertz CT molecular complexity index is 277. The maximum atomic E-state index is 11.9. The van der Waals surface area contributed by atoms with Gasteiger partial charge in [-0.2, -0.15) is 0 Å². The van der Waals surface area contributed by atoms with Gasteiger partial charge in [-0.25, -0.2) is 0 Å². The van der Waals surface area contributed by atoms with Crippen LogP contribution in [-0.2, 0) is 4.79 Å². The van der Waals surface area contributed by atoms with Crippen LogP contribution in [0.2, 0.25) is 0 Å². The van der Waals surface area contributed by atoms with Gasteiger partial charge in [0, 0.05) is 25.4 Å². The summed E-state index contributed by atoms with van der Waals surface area (Å²) in [6, 6.07) is 0. The lowest BCUT2D eigenvalue weighted by Gasteiger charge is -2.29. The minimum absolute atomic E-state index is 0.207. The van der Waals surface area contributed by atoms with E-state index in [1.165, 1.54) is 0 Å². The molecule has 0 bridgehead atoms. The van der Waals surface area contributed by atoms with Crippen LogP contribution < -0.4 is 0 Å². The Kier molecular flexibility index (Phi) is 4.21. The van der Waals surface area contributed by atoms with Crippen molar-refractivity contribution in [2.45, 2.75) is 45.6 Å². The fourth-order valence-electron chi connectivity index (χ4n) is 3.24. The molecule has 1 N–H and O–H groups in total. The lowest BCUT2D eigenvalue weighted by molar-refractivity contribution is -0.126. The number of hydrogen-bond acceptors (Lipinski definition) is 3. The number of hydrogen-bond donors (Lipinski definition) is 1. The molecule has 0 aromatic heterocycles. The Morgan fingerprint density at radius 1 is 1.47 bits per heavy atom. The van der Waals surface area contributed by atoms with Gasteiger partial charge in [0.25, 0.3) is 0 Å². The highest BCUT2D eigenvalue weighted by atomic mass is 16.3. The first kappa shape index (κ1) is 13.0. The first-order valence-corrected chi connectivity index (χ1v) is 6.99. The van der Waals surface area contributed by atoms with E-state index in [4.69, 9.17) is 0 Å². The molecule has 4 unspecified atom stereocenters. The van der Waals surface area contributed by atoms with Crippen molar-refractivity contribution < 1.29 is 9.90 Å². The van der Waals surface area contributed by atoms with Gasteiger partial charge in [-0.05, 0) is 44.6 Å². The monoisotopic (exact) mass is 239 g/mol. The standard InChI is InChI=1S/C14H25NO2/c1-10-3-4-14(17)13(7-10)9-15-6-5-12(8-15)11(2)16/h10-13,16H,3-9H2,1-2H3. The lowest BCUT2D eigenvalue weighted by atomic mass is 9.81. The summed E-state index contributed by atoms with van der Waals surface area (Å²) < 4.78 is 0. The summed E-state index contributed by atoms with van der Waals surface area (Å²) in [7, 11) is 0. The minimum Gasteiger partial charge on any atom is -0.393 e. The molecule has 0 radical (unpaired) electrons. The molecule has 3 nitrogen and oxygen atoms in total. The van der Waals surface area contributed by atoms with Gasteiger partial charge in [0.15, 0.2) is 0 Å². The topological polar surface area (TPSA) is 40.5 Å². The molecule has 98 valence electrons. The van der Waals surface area contributed by atoms with Crippen molar-refractivity contribution in [2.24, 2.45) is 17.8 Å². The van der Waals surface area contributed by atoms with Crippen molar-refractivity contribution in [3.05, 3.63) is 0 Å². The smallest absolute Gasteiger partial charge is 0.137 e. The van der Waals surface area contributed by atoms with Gasteiger partial charge in [-0.1, -0.05) is 6.92 Å². The second-order valence-electron chi connectivity index (χ2n) is 6.09. The molecule has 2 fully saturated rings. The largest absolute Gasteiger partial charge is 0.393 e. The van der Waals surface area contributed by atoms with E-state index in [0.717, 1.165) is 45.3 Å². The lowest BCUT2D eigenvalue weighted by Crippen LogP contribution is -2.35. The van der Waals surface area contributed by atoms with Crippen LogP contribution in [0.25, 0.3) is 0 Å². The van der Waals surface area contributed by atoms with Crippen LogP contribution in [0.3, 0.4) is 0 Å². The molecule has 1 aliphatic heterocycles. The van der Waals surface area contributed by atoms with Crippen molar-refractivity contribution in [3.8, 4) is 0 Å². The molecule has 0 spiro atoms. The van der Waals surface area contributed by atoms with E-state index in [-0.39, 0.29) is 12.0 Å². The van der Waals surface area contributed by atoms with Crippen LogP contribution in [0.15, 0.2) is 0 Å². The number of carbonyl (C=O) groups excluding carboxylic acids is 1. The van der Waals surface area contributed by atoms with Crippen molar-refractivity contribution in [1.82, 2.24) is 4.90 Å². The average molecular weight is 239 g/mol. The maximum Gasteiger partial charge on any atom is 0.137 e. The molecular formula is C14H25NO2. The molecule has 3 heteroatoms. The zero-order valence-electron chi connectivity index (χ0n) is 11.1. The third-order valence-electron chi connectivity index (χ3n) is 4.50. The Morgan fingerprint density at radius 3 is 2.88 bits per heavy atom. The zero-order chi connectivity index (χ0) is 12.4. The molecule has 1 aliphatic carbocycles. The van der Waals surface area contributed by atoms with E-state index in [2.05, 4.69) is 11.8 Å². The van der Waals surface area contributed by atoms with Crippen molar-refractivity contribution >= 4 is 5.78 Å². The van der Waals surface area contributed by atoms with Gasteiger partial charge in [0.2, 0.25) is 0 Å². The highest BCUT2D eigenvalue weighted by Crippen LogP contribution is 2.28. The first-order chi connectivity index (χ1) is 8.06. The molecular weight excluding hydrogens is 214 g/mol. The molecule has 0 aromatic rings. The fraction of sp³-hybridized carbons (Fsp3) is 0.929. The first-order valence-electron chi connectivity index (χ1n) is 6.99. The van der Waals surface area contributed by atoms with E-state index in [9.17, 15) is 9.90 Å². The third kappa shape index (κ3) is 3.29. The summed E-state index contributed by atoms with van der Waals surface area (Å²) in [6.45, 7) is 7.07. The highest BCUT2D eigenvalue weighted by Gasteiger charge is 2.32. The number of nitrogens with zero attached hydrogens (tertiary/aromatic N) is 1. The van der Waals surface area contributed by atoms with Crippen molar-refractivity contribution in [3.63, 3.8) is 0 Å². The van der Waals surface area contributed by atoms with E-state index in [1.54, 1.807) is 0 Å². The number of ketones is 1. The molecule has 1 heterocycles. The minimum atomic E-state index is -0.207. The maximum absolute atomic E-state index is 11.9. The van der Waals surface area contributed by atoms with Crippen molar-refractivity contribution in [1.29, 1.82) is 0 Å². The van der Waals surface area contributed by atoms with Crippen LogP contribution in [-0.4, -0.2) is 41.5 Å². The Hall–Kier alpha value is -0.410. The quantitative estimate of drug-likeness (QED) is 0.815. The third-order valence-corrected chi connectivity index (χ3v) is 4.50. The van der Waals surface area contributed by atoms with E-state index in [0.29, 0.717) is 17.6 Å². The van der Waals surface area contributed by atoms with Crippen LogP contribution in [0.5, 0.6) is 0 Å². The number of aliphatic hydroxyl groups excluding tert-OH is 1. The Morgan fingerprint density at radius 2 is 2.24 bits per heavy atom. The predicted octanol–water partition coefficient (Wildman–Crippen LogP) is 1.69. The van der Waals surface area contributed by atoms with Gasteiger partial charge in [0.1, 0.15) is 5.78 Å². The Labute approximate surface area is 104 Å². The normalized spacial score (nSPS) is 37.4. The van der Waals surface area contributed by atoms with Crippen LogP contribution in [0.1, 0.15) is 39.5 Å². The summed E-state index contributed by atoms with van der Waals surface area (Å²) in [5.41, 5.74) is 0. The van der Waals surface area contributed by atoms with Crippen molar-refractivity contribution in [2.75, 3.05) is 19.6 Å². The number of rotatable bonds is 3. The second-order valence-corrected chi connectivity index (χ2v) is 6.09. The molecule has 1 saturated carbocycles.